The second kappa shape index (κ2) is 8.30. The number of nitrogens with zero attached hydrogens (tertiary/aromatic N) is 2. The number of benzene rings is 1. The first-order valence-electron chi connectivity index (χ1n) is 11.5. The lowest BCUT2D eigenvalue weighted by atomic mass is 10.1. The summed E-state index contributed by atoms with van der Waals surface area (Å²) in [5, 5.41) is 14.1. The number of pyridine rings is 1. The van der Waals surface area contributed by atoms with Crippen molar-refractivity contribution >= 4 is 49.6 Å². The Morgan fingerprint density at radius 2 is 2.09 bits per heavy atom. The smallest absolute Gasteiger partial charge is 0.216 e. The van der Waals surface area contributed by atoms with Gasteiger partial charge in [-0.25, -0.2) is 4.39 Å². The molecule has 0 radical (unpaired) electrons. The zero-order valence-electron chi connectivity index (χ0n) is 19.5. The average molecular weight is 486 g/mol. The van der Waals surface area contributed by atoms with Crippen LogP contribution in [-0.4, -0.2) is 42.3 Å². The zero-order valence-corrected chi connectivity index (χ0v) is 20.4. The highest BCUT2D eigenvalue weighted by Crippen LogP contribution is 2.49. The molecule has 1 saturated heterocycles. The molecular formula is C25H28FN3O4S. The van der Waals surface area contributed by atoms with Crippen molar-refractivity contribution < 1.29 is 19.0 Å². The number of carbonyl (C=O) groups is 1. The Kier molecular flexibility index (Phi) is 5.55. The molecule has 1 saturated carbocycles. The third kappa shape index (κ3) is 3.53. The standard InChI is InChI=1S/C25H28FN3O4S/c1-12(2)24-22(32)18-21(31)16-9-17(26)20(28-8-7-14(11-28)10-27-13(3)30)23(33-4)19(16)29(15-5-6-15)25(18)34-24/h9,14-15,32H,1,5-8,10-11H2,2-4H3,(H,27,30)/t14-/m0/s1. The number of nitrogens with one attached hydrogen (secondary N) is 1. The molecule has 1 amide bonds. The number of methoxy groups -OCH3 is 1. The largest absolute Gasteiger partial charge is 0.506 e. The van der Waals surface area contributed by atoms with Crippen LogP contribution in [-0.2, 0) is 4.79 Å². The molecule has 34 heavy (non-hydrogen) atoms. The quantitative estimate of drug-likeness (QED) is 0.541. The maximum atomic E-state index is 15.6. The number of thiophene rings is 1. The molecule has 0 unspecified atom stereocenters. The van der Waals surface area contributed by atoms with Crippen molar-refractivity contribution in [3.8, 4) is 11.5 Å². The van der Waals surface area contributed by atoms with Gasteiger partial charge in [0.15, 0.2) is 11.6 Å². The molecule has 0 spiro atoms. The Balaban J connectivity index is 1.74. The van der Waals surface area contributed by atoms with Crippen LogP contribution in [0.3, 0.4) is 0 Å². The minimum atomic E-state index is -0.529. The van der Waals surface area contributed by atoms with Crippen LogP contribution in [0.15, 0.2) is 17.4 Å². The highest BCUT2D eigenvalue weighted by Gasteiger charge is 2.35. The molecule has 1 atom stereocenters. The van der Waals surface area contributed by atoms with Crippen molar-refractivity contribution in [2.75, 3.05) is 31.6 Å². The molecule has 2 N–H and O–H groups in total. The van der Waals surface area contributed by atoms with E-state index >= 15 is 4.39 Å². The molecule has 3 heterocycles. The maximum Gasteiger partial charge on any atom is 0.216 e. The number of amides is 1. The van der Waals surface area contributed by atoms with E-state index < -0.39 is 11.2 Å². The molecule has 1 aliphatic heterocycles. The number of anilines is 1. The number of carbonyl (C=O) groups excluding carboxylic acids is 1. The van der Waals surface area contributed by atoms with Crippen molar-refractivity contribution in [1.82, 2.24) is 9.88 Å². The highest BCUT2D eigenvalue weighted by molar-refractivity contribution is 7.20. The second-order valence-corrected chi connectivity index (χ2v) is 10.3. The summed E-state index contributed by atoms with van der Waals surface area (Å²) in [6, 6.07) is 1.44. The number of hydrogen-bond acceptors (Lipinski definition) is 6. The summed E-state index contributed by atoms with van der Waals surface area (Å²) in [6.07, 6.45) is 2.69. The Bertz CT molecular complexity index is 1410. The minimum absolute atomic E-state index is 0.0845. The van der Waals surface area contributed by atoms with Gasteiger partial charge in [-0.2, -0.15) is 0 Å². The van der Waals surface area contributed by atoms with E-state index in [2.05, 4.69) is 16.5 Å². The molecule has 2 aliphatic rings. The van der Waals surface area contributed by atoms with Gasteiger partial charge in [0.25, 0.3) is 0 Å². The number of ether oxygens (including phenoxy) is 1. The summed E-state index contributed by atoms with van der Waals surface area (Å²) >= 11 is 1.34. The summed E-state index contributed by atoms with van der Waals surface area (Å²) in [6.45, 7) is 8.95. The molecule has 0 bridgehead atoms. The van der Waals surface area contributed by atoms with Gasteiger partial charge in [-0.15, -0.1) is 11.3 Å². The molecular weight excluding hydrogens is 457 g/mol. The van der Waals surface area contributed by atoms with Crippen LogP contribution < -0.4 is 20.4 Å². The normalized spacial score (nSPS) is 18.1. The van der Waals surface area contributed by atoms with Gasteiger partial charge in [0.1, 0.15) is 16.3 Å². The first-order valence-corrected chi connectivity index (χ1v) is 12.3. The van der Waals surface area contributed by atoms with E-state index in [1.807, 2.05) is 4.90 Å². The van der Waals surface area contributed by atoms with Gasteiger partial charge in [0.05, 0.1) is 28.3 Å². The van der Waals surface area contributed by atoms with Crippen molar-refractivity contribution in [3.63, 3.8) is 0 Å². The molecule has 1 aliphatic carbocycles. The van der Waals surface area contributed by atoms with Crippen molar-refractivity contribution in [2.24, 2.45) is 5.92 Å². The van der Waals surface area contributed by atoms with Crippen LogP contribution >= 0.6 is 11.3 Å². The minimum Gasteiger partial charge on any atom is -0.506 e. The first kappa shape index (κ1) is 22.7. The predicted octanol–water partition coefficient (Wildman–Crippen LogP) is 4.40. The second-order valence-electron chi connectivity index (χ2n) is 9.34. The van der Waals surface area contributed by atoms with E-state index in [4.69, 9.17) is 4.74 Å². The van der Waals surface area contributed by atoms with Crippen LogP contribution in [0, 0.1) is 11.7 Å². The summed E-state index contributed by atoms with van der Waals surface area (Å²) in [7, 11) is 1.50. The molecule has 1 aromatic carbocycles. The van der Waals surface area contributed by atoms with Crippen LogP contribution in [0.25, 0.3) is 26.7 Å². The van der Waals surface area contributed by atoms with Crippen molar-refractivity contribution in [2.45, 2.75) is 39.2 Å². The van der Waals surface area contributed by atoms with Gasteiger partial charge in [0, 0.05) is 32.6 Å². The fraction of sp³-hybridized carbons (Fsp3) is 0.440. The van der Waals surface area contributed by atoms with E-state index in [1.165, 1.54) is 31.4 Å². The number of aromatic hydroxyl groups is 1. The van der Waals surface area contributed by atoms with E-state index in [-0.39, 0.29) is 34.4 Å². The van der Waals surface area contributed by atoms with E-state index in [0.29, 0.717) is 51.9 Å². The lowest BCUT2D eigenvalue weighted by Gasteiger charge is -2.25. The molecule has 3 aromatic rings. The summed E-state index contributed by atoms with van der Waals surface area (Å²) < 4.78 is 23.5. The Morgan fingerprint density at radius 3 is 2.71 bits per heavy atom. The van der Waals surface area contributed by atoms with Gasteiger partial charge in [-0.1, -0.05) is 6.58 Å². The highest BCUT2D eigenvalue weighted by atomic mass is 32.1. The number of halogens is 1. The zero-order chi connectivity index (χ0) is 24.3. The number of allylic oxidation sites excluding steroid dienone is 1. The Labute approximate surface area is 200 Å². The number of rotatable bonds is 6. The first-order chi connectivity index (χ1) is 16.2. The van der Waals surface area contributed by atoms with Crippen LogP contribution in [0.1, 0.15) is 44.0 Å². The van der Waals surface area contributed by atoms with E-state index in [1.54, 1.807) is 6.92 Å². The maximum absolute atomic E-state index is 15.6. The van der Waals surface area contributed by atoms with Crippen molar-refractivity contribution in [3.05, 3.63) is 33.6 Å². The van der Waals surface area contributed by atoms with Gasteiger partial charge in [-0.05, 0) is 43.7 Å². The molecule has 7 nitrogen and oxygen atoms in total. The Morgan fingerprint density at radius 1 is 1.35 bits per heavy atom. The van der Waals surface area contributed by atoms with E-state index in [9.17, 15) is 14.7 Å². The molecule has 180 valence electrons. The van der Waals surface area contributed by atoms with Crippen LogP contribution in [0.4, 0.5) is 10.1 Å². The molecule has 2 fully saturated rings. The third-order valence-electron chi connectivity index (χ3n) is 6.72. The molecule has 9 heteroatoms. The third-order valence-corrected chi connectivity index (χ3v) is 8.06. The van der Waals surface area contributed by atoms with Gasteiger partial charge in [-0.3, -0.25) is 9.59 Å². The number of fused-ring (bicyclic) bond motifs is 2. The summed E-state index contributed by atoms with van der Waals surface area (Å²) in [5.41, 5.74) is 1.18. The lowest BCUT2D eigenvalue weighted by Crippen LogP contribution is -2.29. The Hall–Kier alpha value is -3.07. The summed E-state index contributed by atoms with van der Waals surface area (Å²) in [5.74, 6) is -0.162. The predicted molar refractivity (Wildman–Crippen MR) is 134 cm³/mol. The fourth-order valence-electron chi connectivity index (χ4n) is 4.99. The summed E-state index contributed by atoms with van der Waals surface area (Å²) in [4.78, 5) is 28.0. The van der Waals surface area contributed by atoms with E-state index in [0.717, 1.165) is 19.3 Å². The monoisotopic (exact) mass is 485 g/mol. The van der Waals surface area contributed by atoms with Crippen LogP contribution in [0.2, 0.25) is 0 Å². The molecule has 2 aromatic heterocycles. The fourth-order valence-corrected chi connectivity index (χ4v) is 6.19. The van der Waals surface area contributed by atoms with Gasteiger partial charge in [0.2, 0.25) is 11.3 Å². The topological polar surface area (TPSA) is 83.8 Å². The average Bonchev–Trinajstić information content (AvgIpc) is 3.40. The number of hydrogen-bond donors (Lipinski definition) is 2. The SMILES string of the molecule is C=C(C)c1sc2c(c1O)c(=O)c1cc(F)c(N3CC[C@@H](CNC(C)=O)C3)c(OC)c1n2C1CC1. The number of aromatic nitrogens is 1. The molecule has 5 rings (SSSR count). The lowest BCUT2D eigenvalue weighted by molar-refractivity contribution is -0.119. The van der Waals surface area contributed by atoms with Gasteiger partial charge >= 0.3 is 0 Å². The van der Waals surface area contributed by atoms with Crippen LogP contribution in [0.5, 0.6) is 11.5 Å². The van der Waals surface area contributed by atoms with Gasteiger partial charge < -0.3 is 24.6 Å². The van der Waals surface area contributed by atoms with Crippen molar-refractivity contribution in [1.29, 1.82) is 0 Å².